The molecule has 0 saturated carbocycles. The molecule has 2 aromatic carbocycles. The van der Waals surface area contributed by atoms with Gasteiger partial charge < -0.3 is 15.1 Å². The number of benzene rings is 2. The van der Waals surface area contributed by atoms with Gasteiger partial charge in [0.05, 0.1) is 10.7 Å². The molecule has 0 aromatic heterocycles. The summed E-state index contributed by atoms with van der Waals surface area (Å²) in [5.74, 6) is -1.46. The van der Waals surface area contributed by atoms with E-state index < -0.39 is 11.8 Å². The summed E-state index contributed by atoms with van der Waals surface area (Å²) in [7, 11) is 3.88. The number of carbonyl (C=O) groups excluding carboxylic acids is 3. The third kappa shape index (κ3) is 4.79. The monoisotopic (exact) mass is 520 g/mol. The van der Waals surface area contributed by atoms with E-state index in [1.165, 1.54) is 18.2 Å². The lowest BCUT2D eigenvalue weighted by atomic mass is 10.0. The van der Waals surface area contributed by atoms with E-state index in [1.807, 2.05) is 7.05 Å². The molecule has 0 radical (unpaired) electrons. The second-order valence-electron chi connectivity index (χ2n) is 8.39. The number of nitrogens with zero attached hydrogens (tertiary/aromatic N) is 3. The van der Waals surface area contributed by atoms with E-state index in [4.69, 9.17) is 34.8 Å². The lowest BCUT2D eigenvalue weighted by molar-refractivity contribution is -0.120. The number of imide groups is 1. The molecule has 0 aliphatic carbocycles. The molecule has 4 rings (SSSR count). The van der Waals surface area contributed by atoms with Gasteiger partial charge >= 0.3 is 0 Å². The molecule has 34 heavy (non-hydrogen) atoms. The second-order valence-corrected chi connectivity index (χ2v) is 9.61. The Kier molecular flexibility index (Phi) is 7.19. The SMILES string of the molecule is CN1CCC(N(C)C(=O)c2cccc(NC3=C(Cl)C(=O)N(c4ccc(Cl)cc4Cl)C3=O)c2)CC1. The molecular weight excluding hydrogens is 499 g/mol. The zero-order valence-electron chi connectivity index (χ0n) is 18.6. The first kappa shape index (κ1) is 24.5. The van der Waals surface area contributed by atoms with E-state index in [9.17, 15) is 14.4 Å². The molecule has 1 N–H and O–H groups in total. The van der Waals surface area contributed by atoms with Crippen LogP contribution in [0.1, 0.15) is 23.2 Å². The summed E-state index contributed by atoms with van der Waals surface area (Å²) in [6.45, 7) is 1.89. The van der Waals surface area contributed by atoms with E-state index in [1.54, 1.807) is 29.2 Å². The number of halogens is 3. The number of hydrogen-bond acceptors (Lipinski definition) is 5. The van der Waals surface area contributed by atoms with Crippen molar-refractivity contribution in [1.82, 2.24) is 9.80 Å². The average molecular weight is 522 g/mol. The van der Waals surface area contributed by atoms with Crippen LogP contribution in [0.3, 0.4) is 0 Å². The first-order valence-electron chi connectivity index (χ1n) is 10.7. The summed E-state index contributed by atoms with van der Waals surface area (Å²) < 4.78 is 0. The number of likely N-dealkylation sites (tertiary alicyclic amines) is 1. The molecule has 1 fully saturated rings. The minimum Gasteiger partial charge on any atom is -0.350 e. The number of piperidine rings is 1. The minimum atomic E-state index is -0.701. The summed E-state index contributed by atoms with van der Waals surface area (Å²) in [6, 6.07) is 11.4. The minimum absolute atomic E-state index is 0.0917. The molecule has 0 atom stereocenters. The fourth-order valence-corrected chi connectivity index (χ4v) is 4.82. The van der Waals surface area contributed by atoms with Crippen molar-refractivity contribution < 1.29 is 14.4 Å². The molecule has 1 saturated heterocycles. The standard InChI is InChI=1S/C24H23Cl3N4O3/c1-29-10-8-17(9-11-29)30(2)22(32)14-4-3-5-16(12-14)28-21-20(27)23(33)31(24(21)34)19-7-6-15(25)13-18(19)26/h3-7,12-13,17,28H,8-11H2,1-2H3. The maximum absolute atomic E-state index is 13.1. The van der Waals surface area contributed by atoms with Crippen LogP contribution in [0.5, 0.6) is 0 Å². The zero-order valence-corrected chi connectivity index (χ0v) is 20.9. The molecular formula is C24H23Cl3N4O3. The van der Waals surface area contributed by atoms with Crippen LogP contribution in [-0.4, -0.2) is 60.7 Å². The average Bonchev–Trinajstić information content (AvgIpc) is 3.02. The Morgan fingerprint density at radius 3 is 2.41 bits per heavy atom. The van der Waals surface area contributed by atoms with Gasteiger partial charge in [0.2, 0.25) is 0 Å². The van der Waals surface area contributed by atoms with Crippen LogP contribution in [-0.2, 0) is 9.59 Å². The van der Waals surface area contributed by atoms with Crippen LogP contribution >= 0.6 is 34.8 Å². The number of anilines is 2. The van der Waals surface area contributed by atoms with Crippen molar-refractivity contribution in [2.45, 2.75) is 18.9 Å². The highest BCUT2D eigenvalue weighted by atomic mass is 35.5. The number of hydrogen-bond donors (Lipinski definition) is 1. The van der Waals surface area contributed by atoms with Gasteiger partial charge in [-0.2, -0.15) is 0 Å². The van der Waals surface area contributed by atoms with Gasteiger partial charge in [0.1, 0.15) is 10.7 Å². The van der Waals surface area contributed by atoms with Crippen LogP contribution in [0.15, 0.2) is 53.2 Å². The number of rotatable bonds is 5. The van der Waals surface area contributed by atoms with Crippen LogP contribution in [0.2, 0.25) is 10.0 Å². The summed E-state index contributed by atoms with van der Waals surface area (Å²) >= 11 is 18.3. The van der Waals surface area contributed by atoms with Crippen molar-refractivity contribution in [2.75, 3.05) is 37.4 Å². The van der Waals surface area contributed by atoms with Gasteiger partial charge in [-0.15, -0.1) is 0 Å². The lowest BCUT2D eigenvalue weighted by Gasteiger charge is -2.35. The Balaban J connectivity index is 1.53. The topological polar surface area (TPSA) is 73.0 Å². The van der Waals surface area contributed by atoms with E-state index in [0.717, 1.165) is 30.8 Å². The van der Waals surface area contributed by atoms with Crippen molar-refractivity contribution in [3.8, 4) is 0 Å². The van der Waals surface area contributed by atoms with Gasteiger partial charge in [-0.25, -0.2) is 4.90 Å². The molecule has 10 heteroatoms. The van der Waals surface area contributed by atoms with Crippen molar-refractivity contribution >= 4 is 63.9 Å². The maximum Gasteiger partial charge on any atom is 0.283 e. The third-order valence-corrected chi connectivity index (χ3v) is 7.00. The summed E-state index contributed by atoms with van der Waals surface area (Å²) in [5.41, 5.74) is 1.02. The van der Waals surface area contributed by atoms with E-state index in [2.05, 4.69) is 17.3 Å². The van der Waals surface area contributed by atoms with Crippen molar-refractivity contribution in [3.05, 3.63) is 68.8 Å². The van der Waals surface area contributed by atoms with Gasteiger partial charge in [-0.1, -0.05) is 40.9 Å². The highest BCUT2D eigenvalue weighted by Crippen LogP contribution is 2.35. The number of amides is 3. The molecule has 2 heterocycles. The smallest absolute Gasteiger partial charge is 0.283 e. The Bertz CT molecular complexity index is 1190. The predicted octanol–water partition coefficient (Wildman–Crippen LogP) is 4.60. The van der Waals surface area contributed by atoms with Crippen LogP contribution in [0.25, 0.3) is 0 Å². The second kappa shape index (κ2) is 9.96. The fourth-order valence-electron chi connectivity index (χ4n) is 4.12. The van der Waals surface area contributed by atoms with Crippen LogP contribution < -0.4 is 10.2 Å². The number of carbonyl (C=O) groups is 3. The van der Waals surface area contributed by atoms with Crippen LogP contribution in [0.4, 0.5) is 11.4 Å². The molecule has 0 unspecified atom stereocenters. The van der Waals surface area contributed by atoms with Gasteiger partial charge in [0.15, 0.2) is 0 Å². The molecule has 2 aliphatic rings. The largest absolute Gasteiger partial charge is 0.350 e. The molecule has 7 nitrogen and oxygen atoms in total. The zero-order chi connectivity index (χ0) is 24.6. The third-order valence-electron chi connectivity index (χ3n) is 6.11. The normalized spacial score (nSPS) is 17.5. The Labute approximate surface area is 212 Å². The molecule has 2 aromatic rings. The summed E-state index contributed by atoms with van der Waals surface area (Å²) in [5, 5.41) is 3.16. The van der Waals surface area contributed by atoms with Gasteiger partial charge in [-0.3, -0.25) is 14.4 Å². The van der Waals surface area contributed by atoms with E-state index >= 15 is 0 Å². The highest BCUT2D eigenvalue weighted by molar-refractivity contribution is 6.54. The van der Waals surface area contributed by atoms with Crippen LogP contribution in [0, 0.1) is 0 Å². The van der Waals surface area contributed by atoms with Crippen molar-refractivity contribution in [3.63, 3.8) is 0 Å². The van der Waals surface area contributed by atoms with Gasteiger partial charge in [0, 0.05) is 29.4 Å². The Morgan fingerprint density at radius 1 is 1.03 bits per heavy atom. The maximum atomic E-state index is 13.1. The van der Waals surface area contributed by atoms with Crippen molar-refractivity contribution in [2.24, 2.45) is 0 Å². The molecule has 2 aliphatic heterocycles. The molecule has 178 valence electrons. The molecule has 0 spiro atoms. The van der Waals surface area contributed by atoms with E-state index in [0.29, 0.717) is 16.3 Å². The van der Waals surface area contributed by atoms with Crippen molar-refractivity contribution in [1.29, 1.82) is 0 Å². The van der Waals surface area contributed by atoms with Gasteiger partial charge in [-0.05, 0) is 69.4 Å². The summed E-state index contributed by atoms with van der Waals surface area (Å²) in [4.78, 5) is 43.8. The van der Waals surface area contributed by atoms with Gasteiger partial charge in [0.25, 0.3) is 17.7 Å². The molecule has 3 amide bonds. The Hall–Kier alpha value is -2.58. The van der Waals surface area contributed by atoms with E-state index in [-0.39, 0.29) is 33.4 Å². The highest BCUT2D eigenvalue weighted by Gasteiger charge is 2.40. The lowest BCUT2D eigenvalue weighted by Crippen LogP contribution is -2.44. The first-order chi connectivity index (χ1) is 16.2. The molecule has 0 bridgehead atoms. The summed E-state index contributed by atoms with van der Waals surface area (Å²) in [6.07, 6.45) is 1.83. The quantitative estimate of drug-likeness (QED) is 0.583. The fraction of sp³-hybridized carbons (Fsp3) is 0.292. The number of nitrogens with one attached hydrogen (secondary N) is 1. The first-order valence-corrected chi connectivity index (χ1v) is 11.9. The predicted molar refractivity (Wildman–Crippen MR) is 135 cm³/mol. The Morgan fingerprint density at radius 2 is 1.74 bits per heavy atom.